The van der Waals surface area contributed by atoms with E-state index in [1.54, 1.807) is 31.4 Å². The van der Waals surface area contributed by atoms with Crippen molar-refractivity contribution >= 4 is 5.57 Å². The molecule has 3 atom stereocenters. The molecule has 1 aliphatic rings. The Morgan fingerprint density at radius 2 is 1.24 bits per heavy atom. The Labute approximate surface area is 274 Å². The van der Waals surface area contributed by atoms with E-state index in [1.807, 2.05) is 30.4 Å². The number of hydrogen-bond acceptors (Lipinski definition) is 8. The molecule has 2 N–H and O–H groups in total. The van der Waals surface area contributed by atoms with Crippen LogP contribution in [-0.4, -0.2) is 51.6 Å². The van der Waals surface area contributed by atoms with Crippen LogP contribution in [0.1, 0.15) is 91.3 Å². The zero-order valence-corrected chi connectivity index (χ0v) is 28.2. The molecule has 0 spiro atoms. The first-order chi connectivity index (χ1) is 22.4. The van der Waals surface area contributed by atoms with E-state index in [-0.39, 0.29) is 17.6 Å². The van der Waals surface area contributed by atoms with E-state index >= 15 is 0 Å². The molecule has 2 aromatic carbocycles. The molecule has 0 saturated carbocycles. The lowest BCUT2D eigenvalue weighted by Crippen LogP contribution is -2.11. The van der Waals surface area contributed by atoms with Gasteiger partial charge in [-0.2, -0.15) is 0 Å². The quantitative estimate of drug-likeness (QED) is 0.143. The van der Waals surface area contributed by atoms with Crippen LogP contribution in [0.5, 0.6) is 23.0 Å². The normalized spacial score (nSPS) is 15.8. The van der Waals surface area contributed by atoms with E-state index < -0.39 is 0 Å². The number of methoxy groups -OCH3 is 1. The third-order valence-electron chi connectivity index (χ3n) is 8.74. The fourth-order valence-electron chi connectivity index (χ4n) is 5.49. The first kappa shape index (κ1) is 35.0. The highest BCUT2D eigenvalue weighted by atomic mass is 16.5. The predicted octanol–water partition coefficient (Wildman–Crippen LogP) is 9.17. The average Bonchev–Trinajstić information content (AvgIpc) is 3.08. The van der Waals surface area contributed by atoms with Crippen molar-refractivity contribution in [2.24, 2.45) is 11.8 Å². The summed E-state index contributed by atoms with van der Waals surface area (Å²) >= 11 is 0. The SMILES string of the molecule is CCCCC(CC)COc1ccc(-c2nc(C3=CCC(OC)C=C3)nc(-c3ccc(OCC(CC)CCCC)cc3O)n2)c(O)c1. The Kier molecular flexibility index (Phi) is 13.4. The monoisotopic (exact) mass is 629 g/mol. The molecule has 0 amide bonds. The number of nitrogens with zero attached hydrogens (tertiary/aromatic N) is 3. The fourth-order valence-corrected chi connectivity index (χ4v) is 5.49. The molecule has 3 unspecified atom stereocenters. The van der Waals surface area contributed by atoms with Gasteiger partial charge < -0.3 is 24.4 Å². The predicted molar refractivity (Wildman–Crippen MR) is 184 cm³/mol. The number of allylic oxidation sites excluding steroid dienone is 2. The van der Waals surface area contributed by atoms with E-state index in [0.29, 0.717) is 71.6 Å². The van der Waals surface area contributed by atoms with Crippen LogP contribution in [-0.2, 0) is 4.74 Å². The second-order valence-corrected chi connectivity index (χ2v) is 12.1. The van der Waals surface area contributed by atoms with E-state index in [2.05, 4.69) is 27.7 Å². The summed E-state index contributed by atoms with van der Waals surface area (Å²) in [5, 5.41) is 22.2. The first-order valence-corrected chi connectivity index (χ1v) is 17.0. The molecule has 1 aromatic heterocycles. The third-order valence-corrected chi connectivity index (χ3v) is 8.74. The van der Waals surface area contributed by atoms with Crippen LogP contribution in [0.15, 0.2) is 54.6 Å². The summed E-state index contributed by atoms with van der Waals surface area (Å²) in [6, 6.07) is 10.4. The van der Waals surface area contributed by atoms with Gasteiger partial charge in [0.05, 0.1) is 30.4 Å². The van der Waals surface area contributed by atoms with E-state index in [0.717, 1.165) is 44.1 Å². The topological polar surface area (TPSA) is 107 Å². The molecule has 248 valence electrons. The Balaban J connectivity index is 1.63. The minimum Gasteiger partial charge on any atom is -0.507 e. The number of unbranched alkanes of at least 4 members (excludes halogenated alkanes) is 2. The molecule has 3 aromatic rings. The van der Waals surface area contributed by atoms with Crippen LogP contribution in [0, 0.1) is 11.8 Å². The van der Waals surface area contributed by atoms with Gasteiger partial charge in [0, 0.05) is 24.8 Å². The number of benzene rings is 2. The van der Waals surface area contributed by atoms with Crippen molar-refractivity contribution in [2.45, 2.75) is 91.6 Å². The van der Waals surface area contributed by atoms with Gasteiger partial charge in [-0.15, -0.1) is 0 Å². The summed E-state index contributed by atoms with van der Waals surface area (Å²) in [5.74, 6) is 3.20. The summed E-state index contributed by atoms with van der Waals surface area (Å²) in [6.07, 6.45) is 15.6. The van der Waals surface area contributed by atoms with Gasteiger partial charge in [-0.25, -0.2) is 15.0 Å². The van der Waals surface area contributed by atoms with Crippen molar-refractivity contribution in [3.05, 3.63) is 60.5 Å². The third kappa shape index (κ3) is 9.55. The lowest BCUT2D eigenvalue weighted by molar-refractivity contribution is 0.143. The minimum atomic E-state index is -0.0127. The van der Waals surface area contributed by atoms with Crippen molar-refractivity contribution in [2.75, 3.05) is 20.3 Å². The van der Waals surface area contributed by atoms with Crippen LogP contribution in [0.4, 0.5) is 0 Å². The van der Waals surface area contributed by atoms with Crippen LogP contribution in [0.2, 0.25) is 0 Å². The Morgan fingerprint density at radius 3 is 1.63 bits per heavy atom. The largest absolute Gasteiger partial charge is 0.507 e. The van der Waals surface area contributed by atoms with Gasteiger partial charge in [0.2, 0.25) is 0 Å². The molecule has 4 rings (SSSR count). The van der Waals surface area contributed by atoms with Gasteiger partial charge in [-0.3, -0.25) is 0 Å². The van der Waals surface area contributed by atoms with E-state index in [9.17, 15) is 10.2 Å². The summed E-state index contributed by atoms with van der Waals surface area (Å²) in [7, 11) is 1.68. The van der Waals surface area contributed by atoms with E-state index in [4.69, 9.17) is 29.2 Å². The average molecular weight is 630 g/mol. The summed E-state index contributed by atoms with van der Waals surface area (Å²) in [6.45, 7) is 9.97. The van der Waals surface area contributed by atoms with Crippen molar-refractivity contribution < 1.29 is 24.4 Å². The van der Waals surface area contributed by atoms with Crippen LogP contribution in [0.3, 0.4) is 0 Å². The highest BCUT2D eigenvalue weighted by Gasteiger charge is 2.20. The Bertz CT molecular complexity index is 1380. The maximum Gasteiger partial charge on any atom is 0.167 e. The number of rotatable bonds is 18. The second kappa shape index (κ2) is 17.7. The van der Waals surface area contributed by atoms with Crippen molar-refractivity contribution in [3.8, 4) is 45.8 Å². The maximum atomic E-state index is 11.1. The molecular weight excluding hydrogens is 578 g/mol. The summed E-state index contributed by atoms with van der Waals surface area (Å²) in [5.41, 5.74) is 1.71. The lowest BCUT2D eigenvalue weighted by atomic mass is 10.0. The number of ether oxygens (including phenoxy) is 3. The van der Waals surface area contributed by atoms with Crippen LogP contribution < -0.4 is 9.47 Å². The number of hydrogen-bond donors (Lipinski definition) is 2. The molecule has 1 heterocycles. The molecule has 0 saturated heterocycles. The van der Waals surface area contributed by atoms with Gasteiger partial charge in [-0.05, 0) is 55.4 Å². The molecule has 0 fully saturated rings. The highest BCUT2D eigenvalue weighted by molar-refractivity contribution is 5.76. The fraction of sp³-hybridized carbons (Fsp3) is 0.500. The van der Waals surface area contributed by atoms with Gasteiger partial charge >= 0.3 is 0 Å². The molecule has 8 heteroatoms. The zero-order valence-electron chi connectivity index (χ0n) is 28.2. The standard InChI is InChI=1S/C38H51N3O5/c1-6-10-12-26(8-3)24-45-30-18-20-32(34(42)22-30)37-39-36(28-14-16-29(44-5)17-15-28)40-38(41-37)33-21-19-31(23-35(33)43)46-25-27(9-4)13-11-7-2/h14-16,18-23,26-27,29,42-43H,6-13,17,24-25H2,1-5H3. The zero-order chi connectivity index (χ0) is 32.9. The minimum absolute atomic E-state index is 0.0105. The smallest absolute Gasteiger partial charge is 0.167 e. The molecule has 1 aliphatic carbocycles. The van der Waals surface area contributed by atoms with Gasteiger partial charge in [-0.1, -0.05) is 84.4 Å². The maximum absolute atomic E-state index is 11.1. The van der Waals surface area contributed by atoms with Crippen LogP contribution >= 0.6 is 0 Å². The van der Waals surface area contributed by atoms with Gasteiger partial charge in [0.15, 0.2) is 17.5 Å². The number of phenols is 2. The van der Waals surface area contributed by atoms with Gasteiger partial charge in [0.1, 0.15) is 23.0 Å². The van der Waals surface area contributed by atoms with E-state index in [1.165, 1.54) is 12.8 Å². The van der Waals surface area contributed by atoms with Gasteiger partial charge in [0.25, 0.3) is 0 Å². The Hall–Kier alpha value is -3.91. The van der Waals surface area contributed by atoms with Crippen molar-refractivity contribution in [1.29, 1.82) is 0 Å². The molecule has 0 radical (unpaired) electrons. The summed E-state index contributed by atoms with van der Waals surface area (Å²) < 4.78 is 17.6. The number of phenolic OH excluding ortho intramolecular Hbond substituents is 2. The van der Waals surface area contributed by atoms with Crippen LogP contribution in [0.25, 0.3) is 28.3 Å². The second-order valence-electron chi connectivity index (χ2n) is 12.1. The van der Waals surface area contributed by atoms with Crippen molar-refractivity contribution in [1.82, 2.24) is 15.0 Å². The molecule has 0 bridgehead atoms. The highest BCUT2D eigenvalue weighted by Crippen LogP contribution is 2.36. The molecule has 0 aliphatic heterocycles. The molecule has 46 heavy (non-hydrogen) atoms. The Morgan fingerprint density at radius 1 is 0.739 bits per heavy atom. The van der Waals surface area contributed by atoms with Crippen molar-refractivity contribution in [3.63, 3.8) is 0 Å². The number of aromatic hydroxyl groups is 2. The first-order valence-electron chi connectivity index (χ1n) is 17.0. The molecular formula is C38H51N3O5. The lowest BCUT2D eigenvalue weighted by Gasteiger charge is -2.17. The number of aromatic nitrogens is 3. The summed E-state index contributed by atoms with van der Waals surface area (Å²) in [4.78, 5) is 14.2. The molecule has 8 nitrogen and oxygen atoms in total.